The lowest BCUT2D eigenvalue weighted by Gasteiger charge is -2.16. The van der Waals surface area contributed by atoms with Crippen LogP contribution in [0, 0.1) is 17.2 Å². The van der Waals surface area contributed by atoms with Crippen LogP contribution in [0.4, 0.5) is 0 Å². The van der Waals surface area contributed by atoms with Crippen LogP contribution in [0.15, 0.2) is 24.3 Å². The fourth-order valence-corrected chi connectivity index (χ4v) is 3.89. The van der Waals surface area contributed by atoms with Crippen molar-refractivity contribution in [3.05, 3.63) is 29.3 Å². The predicted molar refractivity (Wildman–Crippen MR) is 89.5 cm³/mol. The van der Waals surface area contributed by atoms with Gasteiger partial charge in [0.25, 0.3) is 0 Å². The Morgan fingerprint density at radius 3 is 3.04 bits per heavy atom. The number of Topliss-reactive ketones (excluding diaryl/α,β-unsaturated/α-hetero) is 1. The van der Waals surface area contributed by atoms with Crippen molar-refractivity contribution in [3.8, 4) is 6.07 Å². The van der Waals surface area contributed by atoms with E-state index in [0.717, 1.165) is 10.2 Å². The maximum Gasteiger partial charge on any atom is 0.223 e. The molecule has 3 rings (SSSR count). The molecular formula is C17H17N3O3S. The zero-order valence-corrected chi connectivity index (χ0v) is 14.1. The van der Waals surface area contributed by atoms with Gasteiger partial charge in [0, 0.05) is 32.5 Å². The molecule has 7 heteroatoms. The molecule has 0 radical (unpaired) electrons. The number of ether oxygens (including phenoxy) is 1. The molecule has 0 N–H and O–H groups in total. The van der Waals surface area contributed by atoms with Gasteiger partial charge in [-0.3, -0.25) is 9.59 Å². The number of benzene rings is 1. The molecule has 0 bridgehead atoms. The number of para-hydroxylation sites is 1. The number of rotatable bonds is 6. The summed E-state index contributed by atoms with van der Waals surface area (Å²) in [5.41, 5.74) is 0.787. The number of hydrogen-bond acceptors (Lipinski definition) is 6. The monoisotopic (exact) mass is 343 g/mol. The van der Waals surface area contributed by atoms with E-state index in [1.54, 1.807) is 12.0 Å². The summed E-state index contributed by atoms with van der Waals surface area (Å²) in [5.74, 6) is -1.65. The number of amides is 1. The number of likely N-dealkylation sites (tertiary alicyclic amines) is 1. The van der Waals surface area contributed by atoms with E-state index in [9.17, 15) is 14.9 Å². The molecule has 0 spiro atoms. The minimum absolute atomic E-state index is 0.0635. The van der Waals surface area contributed by atoms with Gasteiger partial charge in [-0.25, -0.2) is 4.98 Å². The van der Waals surface area contributed by atoms with Gasteiger partial charge in [-0.05, 0) is 12.1 Å². The summed E-state index contributed by atoms with van der Waals surface area (Å²) in [6, 6.07) is 9.62. The molecule has 0 aliphatic carbocycles. The normalized spacial score (nSPS) is 18.8. The number of hydrogen-bond donors (Lipinski definition) is 0. The van der Waals surface area contributed by atoms with Crippen LogP contribution in [0.5, 0.6) is 0 Å². The Morgan fingerprint density at radius 2 is 2.33 bits per heavy atom. The first-order valence-corrected chi connectivity index (χ1v) is 8.51. The molecule has 1 fully saturated rings. The number of fused-ring (bicyclic) bond motifs is 1. The predicted octanol–water partition coefficient (Wildman–Crippen LogP) is 1.97. The highest BCUT2D eigenvalue weighted by Crippen LogP contribution is 2.31. The Hall–Kier alpha value is -2.30. The first kappa shape index (κ1) is 16.6. The number of nitriles is 1. The summed E-state index contributed by atoms with van der Waals surface area (Å²) in [5, 5.41) is 9.99. The zero-order valence-electron chi connectivity index (χ0n) is 13.3. The largest absolute Gasteiger partial charge is 0.383 e. The smallest absolute Gasteiger partial charge is 0.223 e. The molecule has 1 aliphatic rings. The third-order valence-electron chi connectivity index (χ3n) is 4.15. The first-order chi connectivity index (χ1) is 11.6. The number of methoxy groups -OCH3 is 1. The van der Waals surface area contributed by atoms with Crippen molar-refractivity contribution in [2.24, 2.45) is 5.92 Å². The van der Waals surface area contributed by atoms with Gasteiger partial charge in [-0.1, -0.05) is 12.1 Å². The van der Waals surface area contributed by atoms with Crippen molar-refractivity contribution < 1.29 is 14.3 Å². The minimum Gasteiger partial charge on any atom is -0.383 e. The molecule has 6 nitrogen and oxygen atoms in total. The van der Waals surface area contributed by atoms with Crippen molar-refractivity contribution in [1.82, 2.24) is 9.88 Å². The molecule has 1 amide bonds. The summed E-state index contributed by atoms with van der Waals surface area (Å²) >= 11 is 1.36. The Bertz CT molecular complexity index is 778. The third-order valence-corrected chi connectivity index (χ3v) is 5.25. The SMILES string of the molecule is COCCN1C[C@@H](C(=O)[C@H](C#N)c2nc3ccccc3s2)CC1=O. The molecule has 2 atom stereocenters. The number of nitrogens with zero attached hydrogens (tertiary/aromatic N) is 3. The van der Waals surface area contributed by atoms with Crippen LogP contribution in [-0.4, -0.2) is 48.4 Å². The topological polar surface area (TPSA) is 83.3 Å². The van der Waals surface area contributed by atoms with Gasteiger partial charge in [-0.15, -0.1) is 11.3 Å². The van der Waals surface area contributed by atoms with Gasteiger partial charge in [0.2, 0.25) is 5.91 Å². The van der Waals surface area contributed by atoms with Crippen LogP contribution >= 0.6 is 11.3 Å². The number of ketones is 1. The van der Waals surface area contributed by atoms with Gasteiger partial charge in [-0.2, -0.15) is 5.26 Å². The quantitative estimate of drug-likeness (QED) is 0.801. The third kappa shape index (κ3) is 3.16. The fraction of sp³-hybridized carbons (Fsp3) is 0.412. The van der Waals surface area contributed by atoms with Crippen molar-refractivity contribution in [2.45, 2.75) is 12.3 Å². The molecule has 2 heterocycles. The lowest BCUT2D eigenvalue weighted by Crippen LogP contribution is -2.30. The zero-order chi connectivity index (χ0) is 17.1. The van der Waals surface area contributed by atoms with Gasteiger partial charge >= 0.3 is 0 Å². The molecular weight excluding hydrogens is 326 g/mol. The number of carbonyl (C=O) groups is 2. The first-order valence-electron chi connectivity index (χ1n) is 7.69. The minimum atomic E-state index is -0.914. The average molecular weight is 343 g/mol. The van der Waals surface area contributed by atoms with E-state index in [1.165, 1.54) is 11.3 Å². The second-order valence-corrected chi connectivity index (χ2v) is 6.78. The summed E-state index contributed by atoms with van der Waals surface area (Å²) in [4.78, 5) is 30.8. The highest BCUT2D eigenvalue weighted by atomic mass is 32.1. The highest BCUT2D eigenvalue weighted by molar-refractivity contribution is 7.18. The number of aromatic nitrogens is 1. The summed E-state index contributed by atoms with van der Waals surface area (Å²) in [6.07, 6.45) is 0.158. The molecule has 1 aromatic heterocycles. The molecule has 0 unspecified atom stereocenters. The fourth-order valence-electron chi connectivity index (χ4n) is 2.87. The van der Waals surface area contributed by atoms with E-state index in [-0.39, 0.29) is 18.1 Å². The van der Waals surface area contributed by atoms with Crippen LogP contribution in [0.2, 0.25) is 0 Å². The summed E-state index contributed by atoms with van der Waals surface area (Å²) in [7, 11) is 1.57. The van der Waals surface area contributed by atoms with E-state index in [0.29, 0.717) is 24.7 Å². The van der Waals surface area contributed by atoms with Crippen LogP contribution in [0.25, 0.3) is 10.2 Å². The van der Waals surface area contributed by atoms with Gasteiger partial charge < -0.3 is 9.64 Å². The maximum absolute atomic E-state index is 12.8. The van der Waals surface area contributed by atoms with Crippen LogP contribution in [-0.2, 0) is 14.3 Å². The van der Waals surface area contributed by atoms with Crippen molar-refractivity contribution >= 4 is 33.2 Å². The second kappa shape index (κ2) is 7.07. The van der Waals surface area contributed by atoms with E-state index in [1.807, 2.05) is 24.3 Å². The lowest BCUT2D eigenvalue weighted by molar-refractivity contribution is -0.129. The van der Waals surface area contributed by atoms with E-state index in [2.05, 4.69) is 11.1 Å². The second-order valence-electron chi connectivity index (χ2n) is 5.72. The molecule has 0 saturated carbocycles. The Balaban J connectivity index is 1.77. The maximum atomic E-state index is 12.8. The molecule has 1 aromatic carbocycles. The summed E-state index contributed by atoms with van der Waals surface area (Å²) < 4.78 is 5.93. The molecule has 24 heavy (non-hydrogen) atoms. The number of carbonyl (C=O) groups excluding carboxylic acids is 2. The molecule has 1 saturated heterocycles. The Kier molecular flexibility index (Phi) is 4.88. The van der Waals surface area contributed by atoms with Gasteiger partial charge in [0.05, 0.1) is 22.9 Å². The van der Waals surface area contributed by atoms with Crippen LogP contribution in [0.3, 0.4) is 0 Å². The van der Waals surface area contributed by atoms with Crippen molar-refractivity contribution in [3.63, 3.8) is 0 Å². The molecule has 124 valence electrons. The molecule has 2 aromatic rings. The standard InChI is InChI=1S/C17H17N3O3S/c1-23-7-6-20-10-11(8-15(20)21)16(22)12(9-18)17-19-13-4-2-3-5-14(13)24-17/h2-5,11-12H,6-8,10H2,1H3/t11-,12-/m0/s1. The van der Waals surface area contributed by atoms with Crippen LogP contribution < -0.4 is 0 Å². The highest BCUT2D eigenvalue weighted by Gasteiger charge is 2.38. The number of thiazole rings is 1. The average Bonchev–Trinajstić information content (AvgIpc) is 3.17. The van der Waals surface area contributed by atoms with Crippen molar-refractivity contribution in [2.75, 3.05) is 26.8 Å². The van der Waals surface area contributed by atoms with E-state index < -0.39 is 11.8 Å². The lowest BCUT2D eigenvalue weighted by atomic mass is 9.93. The van der Waals surface area contributed by atoms with Gasteiger partial charge in [0.1, 0.15) is 5.01 Å². The van der Waals surface area contributed by atoms with E-state index in [4.69, 9.17) is 4.74 Å². The Labute approximate surface area is 143 Å². The Morgan fingerprint density at radius 1 is 1.54 bits per heavy atom. The van der Waals surface area contributed by atoms with Gasteiger partial charge in [0.15, 0.2) is 11.7 Å². The van der Waals surface area contributed by atoms with E-state index >= 15 is 0 Å². The molecule has 1 aliphatic heterocycles. The van der Waals surface area contributed by atoms with Crippen LogP contribution in [0.1, 0.15) is 17.3 Å². The summed E-state index contributed by atoms with van der Waals surface area (Å²) in [6.45, 7) is 1.26. The van der Waals surface area contributed by atoms with Crippen molar-refractivity contribution in [1.29, 1.82) is 5.26 Å².